The molecule has 4 amide bonds. The molecule has 248 valence electrons. The minimum absolute atomic E-state index is 0.0164. The molecule has 3 saturated heterocycles. The highest BCUT2D eigenvalue weighted by Gasteiger charge is 2.31. The number of guanidine groups is 1. The lowest BCUT2D eigenvalue weighted by atomic mass is 10.1. The molecule has 47 heavy (non-hydrogen) atoms. The molecular formula is C33H39N7O6S. The summed E-state index contributed by atoms with van der Waals surface area (Å²) in [5, 5.41) is 6.83. The molecule has 1 atom stereocenters. The molecule has 14 heteroatoms. The summed E-state index contributed by atoms with van der Waals surface area (Å²) in [5.41, 5.74) is 1.73. The van der Waals surface area contributed by atoms with Crippen molar-refractivity contribution in [2.24, 2.45) is 4.99 Å². The number of hydrogen-bond donors (Lipinski definition) is 2. The monoisotopic (exact) mass is 661 g/mol. The summed E-state index contributed by atoms with van der Waals surface area (Å²) in [6, 6.07) is 9.57. The zero-order chi connectivity index (χ0) is 32.9. The minimum atomic E-state index is -0.912. The third kappa shape index (κ3) is 7.87. The summed E-state index contributed by atoms with van der Waals surface area (Å²) >= 11 is 0. The van der Waals surface area contributed by atoms with E-state index in [0.717, 1.165) is 36.8 Å². The number of anilines is 1. The zero-order valence-corrected chi connectivity index (χ0v) is 27.2. The largest absolute Gasteiger partial charge is 0.461 e. The van der Waals surface area contributed by atoms with E-state index in [4.69, 9.17) is 9.41 Å². The van der Waals surface area contributed by atoms with Crippen LogP contribution in [0.25, 0.3) is 11.0 Å². The molecule has 2 aromatic heterocycles. The van der Waals surface area contributed by atoms with Crippen LogP contribution in [0.5, 0.6) is 0 Å². The van der Waals surface area contributed by atoms with Gasteiger partial charge in [-0.2, -0.15) is 0 Å². The lowest BCUT2D eigenvalue weighted by molar-refractivity contribution is -0.140. The lowest BCUT2D eigenvalue weighted by Gasteiger charge is -2.26. The molecule has 3 aromatic rings. The average Bonchev–Trinajstić information content (AvgIpc) is 3.71. The number of carbonyl (C=O) groups excluding carboxylic acids is 4. The molecule has 5 heterocycles. The molecular weight excluding hydrogens is 622 g/mol. The quantitative estimate of drug-likeness (QED) is 0.302. The first-order chi connectivity index (χ1) is 22.7. The topological polar surface area (TPSA) is 158 Å². The van der Waals surface area contributed by atoms with Gasteiger partial charge in [0.2, 0.25) is 17.8 Å². The number of amides is 4. The van der Waals surface area contributed by atoms with Crippen LogP contribution in [0.1, 0.15) is 58.7 Å². The van der Waals surface area contributed by atoms with E-state index in [9.17, 15) is 23.4 Å². The number of rotatable bonds is 6. The van der Waals surface area contributed by atoms with Crippen LogP contribution in [0, 0.1) is 6.92 Å². The molecule has 2 N–H and O–H groups in total. The van der Waals surface area contributed by atoms with Gasteiger partial charge in [-0.25, -0.2) is 4.99 Å². The molecule has 0 bridgehead atoms. The number of benzene rings is 1. The Bertz CT molecular complexity index is 1710. The molecule has 6 rings (SSSR count). The van der Waals surface area contributed by atoms with E-state index in [1.54, 1.807) is 20.8 Å². The normalized spacial score (nSPS) is 19.6. The van der Waals surface area contributed by atoms with Gasteiger partial charge in [-0.05, 0) is 75.4 Å². The van der Waals surface area contributed by atoms with Crippen LogP contribution in [0.15, 0.2) is 52.0 Å². The zero-order valence-electron chi connectivity index (χ0n) is 26.4. The molecule has 0 aliphatic carbocycles. The van der Waals surface area contributed by atoms with Gasteiger partial charge in [0.15, 0.2) is 0 Å². The Kier molecular flexibility index (Phi) is 9.95. The first-order valence-corrected chi connectivity index (χ1v) is 17.6. The number of nitrogens with one attached hydrogen (secondary N) is 2. The number of nitrogens with zero attached hydrogens (tertiary/aromatic N) is 5. The fourth-order valence-corrected chi connectivity index (χ4v) is 7.12. The fourth-order valence-electron chi connectivity index (χ4n) is 6.07. The second-order valence-corrected chi connectivity index (χ2v) is 13.8. The maximum absolute atomic E-state index is 13.7. The molecule has 0 saturated carbocycles. The third-order valence-corrected chi connectivity index (χ3v) is 9.94. The van der Waals surface area contributed by atoms with Crippen LogP contribution in [0.4, 0.5) is 5.69 Å². The number of furan rings is 1. The van der Waals surface area contributed by atoms with Crippen molar-refractivity contribution in [1.82, 2.24) is 25.0 Å². The summed E-state index contributed by atoms with van der Waals surface area (Å²) in [4.78, 5) is 66.9. The molecule has 13 nitrogen and oxygen atoms in total. The standard InChI is InChI=1S/C33H39N7O6S/c1-22-18-24-19-25(8-10-28(24)46-22)35-33(36-27-6-2-3-13-40(32(27)44)21-29(41)38-11-4-5-12-38)37-30(42)23-7-9-26(34-20-23)31(43)39-14-16-47(45)17-15-39/h7-10,18-20,27H,2-6,11-17,21H2,1H3,(H2,35,36,37,42)/t27-/m0/s1. The highest BCUT2D eigenvalue weighted by atomic mass is 32.2. The number of aryl methyl sites for hydroxylation is 1. The van der Waals surface area contributed by atoms with Crippen LogP contribution >= 0.6 is 0 Å². The lowest BCUT2D eigenvalue weighted by Crippen LogP contribution is -2.45. The molecule has 0 unspecified atom stereocenters. The number of hydrogen-bond acceptors (Lipinski definition) is 8. The number of aliphatic imine (C=N–C) groups is 1. The maximum Gasteiger partial charge on any atom is 0.272 e. The van der Waals surface area contributed by atoms with Crippen LogP contribution < -0.4 is 10.6 Å². The molecule has 3 aliphatic heterocycles. The van der Waals surface area contributed by atoms with E-state index >= 15 is 0 Å². The van der Waals surface area contributed by atoms with Crippen LogP contribution in [0.2, 0.25) is 0 Å². The van der Waals surface area contributed by atoms with Crippen molar-refractivity contribution in [3.63, 3.8) is 0 Å². The predicted molar refractivity (Wildman–Crippen MR) is 178 cm³/mol. The molecule has 0 radical (unpaired) electrons. The van der Waals surface area contributed by atoms with Crippen LogP contribution in [0.3, 0.4) is 0 Å². The number of aromatic nitrogens is 1. The van der Waals surface area contributed by atoms with Crippen LogP contribution in [-0.2, 0) is 20.4 Å². The van der Waals surface area contributed by atoms with Crippen LogP contribution in [-0.4, -0.2) is 110 Å². The Hall–Kier alpha value is -4.59. The smallest absolute Gasteiger partial charge is 0.272 e. The van der Waals surface area contributed by atoms with Crippen molar-refractivity contribution in [1.29, 1.82) is 0 Å². The van der Waals surface area contributed by atoms with Gasteiger partial charge >= 0.3 is 0 Å². The van der Waals surface area contributed by atoms with Gasteiger partial charge in [0, 0.05) is 72.3 Å². The minimum Gasteiger partial charge on any atom is -0.461 e. The van der Waals surface area contributed by atoms with E-state index in [0.29, 0.717) is 61.9 Å². The van der Waals surface area contributed by atoms with Crippen molar-refractivity contribution in [3.8, 4) is 0 Å². The van der Waals surface area contributed by atoms with E-state index < -0.39 is 22.7 Å². The average molecular weight is 662 g/mol. The van der Waals surface area contributed by atoms with Crippen molar-refractivity contribution in [2.75, 3.05) is 56.1 Å². The van der Waals surface area contributed by atoms with E-state index in [-0.39, 0.29) is 41.5 Å². The van der Waals surface area contributed by atoms with Crippen molar-refractivity contribution >= 4 is 57.0 Å². The second kappa shape index (κ2) is 14.4. The Morgan fingerprint density at radius 3 is 2.49 bits per heavy atom. The molecule has 0 spiro atoms. The first-order valence-electron chi connectivity index (χ1n) is 16.1. The number of carbonyl (C=O) groups is 4. The van der Waals surface area contributed by atoms with Gasteiger partial charge in [-0.15, -0.1) is 0 Å². The van der Waals surface area contributed by atoms with E-state index in [2.05, 4.69) is 15.6 Å². The second-order valence-electron chi connectivity index (χ2n) is 12.1. The maximum atomic E-state index is 13.7. The Balaban J connectivity index is 1.21. The highest BCUT2D eigenvalue weighted by molar-refractivity contribution is 7.85. The van der Waals surface area contributed by atoms with Gasteiger partial charge in [-0.3, -0.25) is 33.7 Å². The van der Waals surface area contributed by atoms with Gasteiger partial charge < -0.3 is 24.4 Å². The molecule has 3 aliphatic rings. The van der Waals surface area contributed by atoms with Gasteiger partial charge in [0.25, 0.3) is 11.8 Å². The van der Waals surface area contributed by atoms with Crippen molar-refractivity contribution in [3.05, 3.63) is 59.6 Å². The van der Waals surface area contributed by atoms with Gasteiger partial charge in [0.05, 0.1) is 12.1 Å². The van der Waals surface area contributed by atoms with Gasteiger partial charge in [0.1, 0.15) is 23.1 Å². The third-order valence-electron chi connectivity index (χ3n) is 8.67. The molecule has 3 fully saturated rings. The number of fused-ring (bicyclic) bond motifs is 1. The summed E-state index contributed by atoms with van der Waals surface area (Å²) in [7, 11) is -0.912. The summed E-state index contributed by atoms with van der Waals surface area (Å²) < 4.78 is 17.4. The summed E-state index contributed by atoms with van der Waals surface area (Å²) in [6.45, 7) is 4.58. The van der Waals surface area contributed by atoms with Crippen molar-refractivity contribution < 1.29 is 27.8 Å². The highest BCUT2D eigenvalue weighted by Crippen LogP contribution is 2.23. The predicted octanol–water partition coefficient (Wildman–Crippen LogP) is 2.54. The molecule has 1 aromatic carbocycles. The first kappa shape index (κ1) is 32.4. The number of likely N-dealkylation sites (tertiary alicyclic amines) is 2. The summed E-state index contributed by atoms with van der Waals surface area (Å²) in [5.74, 6) is 0.588. The Morgan fingerprint density at radius 1 is 0.979 bits per heavy atom. The SMILES string of the molecule is Cc1cc2cc(NC(=N[C@H]3CCCCN(CC(=O)N4CCCC4)C3=O)NC(=O)c3ccc(C(=O)N4CCS(=O)CC4)nc3)ccc2o1. The van der Waals surface area contributed by atoms with E-state index in [1.807, 2.05) is 25.1 Å². The summed E-state index contributed by atoms with van der Waals surface area (Å²) in [6.07, 6.45) is 5.23. The Morgan fingerprint density at radius 2 is 1.74 bits per heavy atom. The van der Waals surface area contributed by atoms with Crippen molar-refractivity contribution in [2.45, 2.75) is 45.1 Å². The van der Waals surface area contributed by atoms with Gasteiger partial charge in [-0.1, -0.05) is 0 Å². The Labute approximate surface area is 275 Å². The fraction of sp³-hybridized carbons (Fsp3) is 0.455. The number of pyridine rings is 1. The van der Waals surface area contributed by atoms with E-state index in [1.165, 1.54) is 18.3 Å².